The Morgan fingerprint density at radius 3 is 2.19 bits per heavy atom. The van der Waals surface area contributed by atoms with Crippen LogP contribution in [0.15, 0.2) is 60.1 Å². The van der Waals surface area contributed by atoms with Crippen LogP contribution in [0.3, 0.4) is 0 Å². The quantitative estimate of drug-likeness (QED) is 0.550. The summed E-state index contributed by atoms with van der Waals surface area (Å²) in [6.07, 6.45) is 3.72. The molecule has 1 amide bonds. The summed E-state index contributed by atoms with van der Waals surface area (Å²) in [5, 5.41) is 2.85. The van der Waals surface area contributed by atoms with Gasteiger partial charge in [-0.3, -0.25) is 0 Å². The van der Waals surface area contributed by atoms with Gasteiger partial charge in [0, 0.05) is 6.54 Å². The van der Waals surface area contributed by atoms with E-state index in [0.717, 1.165) is 29.4 Å². The molecule has 3 rings (SSSR count). The van der Waals surface area contributed by atoms with Crippen molar-refractivity contribution in [1.29, 1.82) is 0 Å². The Hall–Kier alpha value is -2.57. The van der Waals surface area contributed by atoms with Gasteiger partial charge in [-0.2, -0.15) is 0 Å². The van der Waals surface area contributed by atoms with Crippen LogP contribution in [-0.2, 0) is 27.1 Å². The SMILES string of the molecule is CCCc1ccc(C=C(CNC(=O)OCc2ccccc2)B2OC(C)(C)C(C)(C)O2)cc1. The third-order valence-corrected chi connectivity index (χ3v) is 6.08. The highest BCUT2D eigenvalue weighted by Gasteiger charge is 2.52. The van der Waals surface area contributed by atoms with Gasteiger partial charge in [-0.05, 0) is 56.3 Å². The minimum atomic E-state index is -0.551. The number of carbonyl (C=O) groups excluding carboxylic acids is 1. The molecule has 1 aliphatic heterocycles. The fourth-order valence-corrected chi connectivity index (χ4v) is 3.43. The fraction of sp³-hybridized carbons (Fsp3) is 0.423. The van der Waals surface area contributed by atoms with E-state index in [-0.39, 0.29) is 13.2 Å². The van der Waals surface area contributed by atoms with Crippen LogP contribution in [-0.4, -0.2) is 31.0 Å². The molecular weight excluding hydrogens is 401 g/mol. The van der Waals surface area contributed by atoms with Gasteiger partial charge in [0.25, 0.3) is 0 Å². The number of carbonyl (C=O) groups is 1. The maximum atomic E-state index is 12.3. The van der Waals surface area contributed by atoms with Crippen LogP contribution >= 0.6 is 0 Å². The number of aryl methyl sites for hydroxylation is 1. The first-order valence-corrected chi connectivity index (χ1v) is 11.3. The Balaban J connectivity index is 1.71. The van der Waals surface area contributed by atoms with Gasteiger partial charge in [0.1, 0.15) is 6.61 Å². The van der Waals surface area contributed by atoms with E-state index in [1.165, 1.54) is 5.56 Å². The molecule has 0 bridgehead atoms. The largest absolute Gasteiger partial charge is 0.492 e. The van der Waals surface area contributed by atoms with Crippen LogP contribution in [0, 0.1) is 0 Å². The van der Waals surface area contributed by atoms with E-state index in [1.807, 2.05) is 64.1 Å². The van der Waals surface area contributed by atoms with E-state index in [4.69, 9.17) is 14.0 Å². The monoisotopic (exact) mass is 435 g/mol. The van der Waals surface area contributed by atoms with E-state index >= 15 is 0 Å². The van der Waals surface area contributed by atoms with Gasteiger partial charge < -0.3 is 19.4 Å². The van der Waals surface area contributed by atoms with E-state index in [0.29, 0.717) is 0 Å². The molecule has 0 saturated carbocycles. The van der Waals surface area contributed by atoms with Crippen molar-refractivity contribution < 1.29 is 18.8 Å². The number of nitrogens with one attached hydrogen (secondary N) is 1. The zero-order valence-corrected chi connectivity index (χ0v) is 19.8. The molecule has 1 heterocycles. The highest BCUT2D eigenvalue weighted by atomic mass is 16.7. The minimum Gasteiger partial charge on any atom is -0.445 e. The average molecular weight is 435 g/mol. The van der Waals surface area contributed by atoms with E-state index < -0.39 is 24.4 Å². The van der Waals surface area contributed by atoms with Crippen LogP contribution in [0.4, 0.5) is 4.79 Å². The number of hydrogen-bond acceptors (Lipinski definition) is 4. The van der Waals surface area contributed by atoms with Gasteiger partial charge >= 0.3 is 13.2 Å². The maximum absolute atomic E-state index is 12.3. The molecule has 170 valence electrons. The Bertz CT molecular complexity index is 907. The lowest BCUT2D eigenvalue weighted by Gasteiger charge is -2.32. The Labute approximate surface area is 192 Å². The molecule has 2 aromatic carbocycles. The third kappa shape index (κ3) is 6.24. The Morgan fingerprint density at radius 1 is 0.969 bits per heavy atom. The van der Waals surface area contributed by atoms with Crippen LogP contribution in [0.2, 0.25) is 0 Å². The van der Waals surface area contributed by atoms with Gasteiger partial charge in [0.2, 0.25) is 0 Å². The van der Waals surface area contributed by atoms with Gasteiger partial charge in [-0.25, -0.2) is 4.79 Å². The summed E-state index contributed by atoms with van der Waals surface area (Å²) < 4.78 is 17.8. The molecule has 2 aromatic rings. The number of benzene rings is 2. The third-order valence-electron chi connectivity index (χ3n) is 6.08. The standard InChI is InChI=1S/C26H34BNO4/c1-6-10-20-13-15-21(16-14-20)17-23(27-31-25(2,3)26(4,5)32-27)18-28-24(29)30-19-22-11-8-7-9-12-22/h7-9,11-17H,6,10,18-19H2,1-5H3,(H,28,29). The van der Waals surface area contributed by atoms with Crippen molar-refractivity contribution in [3.8, 4) is 0 Å². The topological polar surface area (TPSA) is 56.8 Å². The maximum Gasteiger partial charge on any atom is 0.492 e. The Morgan fingerprint density at radius 2 is 1.59 bits per heavy atom. The first-order valence-electron chi connectivity index (χ1n) is 11.3. The molecule has 0 aromatic heterocycles. The number of amides is 1. The molecule has 1 aliphatic rings. The van der Waals surface area contributed by atoms with Crippen molar-refractivity contribution in [3.63, 3.8) is 0 Å². The second kappa shape index (κ2) is 10.4. The Kier molecular flexibility index (Phi) is 7.80. The summed E-state index contributed by atoms with van der Waals surface area (Å²) in [4.78, 5) is 12.3. The smallest absolute Gasteiger partial charge is 0.445 e. The van der Waals surface area contributed by atoms with Crippen LogP contribution in [0.1, 0.15) is 57.7 Å². The van der Waals surface area contributed by atoms with Crippen LogP contribution in [0.5, 0.6) is 0 Å². The summed E-state index contributed by atoms with van der Waals surface area (Å²) in [6.45, 7) is 10.7. The summed E-state index contributed by atoms with van der Waals surface area (Å²) in [7, 11) is -0.551. The summed E-state index contributed by atoms with van der Waals surface area (Å²) in [6, 6.07) is 18.1. The highest BCUT2D eigenvalue weighted by molar-refractivity contribution is 6.56. The molecular formula is C26H34BNO4. The average Bonchev–Trinajstić information content (AvgIpc) is 2.98. The lowest BCUT2D eigenvalue weighted by Crippen LogP contribution is -2.41. The highest BCUT2D eigenvalue weighted by Crippen LogP contribution is 2.38. The number of hydrogen-bond donors (Lipinski definition) is 1. The molecule has 32 heavy (non-hydrogen) atoms. The lowest BCUT2D eigenvalue weighted by atomic mass is 9.77. The molecule has 5 nitrogen and oxygen atoms in total. The fourth-order valence-electron chi connectivity index (χ4n) is 3.43. The van der Waals surface area contributed by atoms with Crippen molar-refractivity contribution in [2.45, 2.75) is 65.3 Å². The summed E-state index contributed by atoms with van der Waals surface area (Å²) >= 11 is 0. The first kappa shape index (κ1) is 24.1. The lowest BCUT2D eigenvalue weighted by molar-refractivity contribution is 0.00578. The van der Waals surface area contributed by atoms with Gasteiger partial charge in [-0.15, -0.1) is 0 Å². The summed E-state index contributed by atoms with van der Waals surface area (Å²) in [5.41, 5.74) is 3.20. The molecule has 0 radical (unpaired) electrons. The zero-order valence-electron chi connectivity index (χ0n) is 19.8. The van der Waals surface area contributed by atoms with Crippen molar-refractivity contribution in [1.82, 2.24) is 5.32 Å². The predicted molar refractivity (Wildman–Crippen MR) is 129 cm³/mol. The first-order chi connectivity index (χ1) is 15.2. The minimum absolute atomic E-state index is 0.223. The molecule has 0 spiro atoms. The van der Waals surface area contributed by atoms with Crippen LogP contribution < -0.4 is 5.32 Å². The van der Waals surface area contributed by atoms with Crippen molar-refractivity contribution in [2.24, 2.45) is 0 Å². The molecule has 1 N–H and O–H groups in total. The van der Waals surface area contributed by atoms with E-state index in [9.17, 15) is 4.79 Å². The van der Waals surface area contributed by atoms with E-state index in [2.05, 4.69) is 36.5 Å². The molecule has 1 saturated heterocycles. The molecule has 6 heteroatoms. The van der Waals surface area contributed by atoms with Gasteiger partial charge in [0.15, 0.2) is 0 Å². The zero-order chi connectivity index (χ0) is 23.2. The number of ether oxygens (including phenoxy) is 1. The number of rotatable bonds is 8. The molecule has 1 fully saturated rings. The number of alkyl carbamates (subject to hydrolysis) is 1. The van der Waals surface area contributed by atoms with Gasteiger partial charge in [-0.1, -0.05) is 74.0 Å². The summed E-state index contributed by atoms with van der Waals surface area (Å²) in [5.74, 6) is 0. The second-order valence-electron chi connectivity index (χ2n) is 9.21. The van der Waals surface area contributed by atoms with Crippen molar-refractivity contribution in [2.75, 3.05) is 6.54 Å². The van der Waals surface area contributed by atoms with Crippen molar-refractivity contribution in [3.05, 3.63) is 76.8 Å². The normalized spacial score (nSPS) is 17.3. The van der Waals surface area contributed by atoms with Crippen LogP contribution in [0.25, 0.3) is 6.08 Å². The molecule has 0 aliphatic carbocycles. The molecule has 0 unspecified atom stereocenters. The van der Waals surface area contributed by atoms with Crippen molar-refractivity contribution >= 4 is 19.3 Å². The molecule has 0 atom stereocenters. The van der Waals surface area contributed by atoms with Gasteiger partial charge in [0.05, 0.1) is 11.2 Å². The second-order valence-corrected chi connectivity index (χ2v) is 9.21. The predicted octanol–water partition coefficient (Wildman–Crippen LogP) is 5.58. The van der Waals surface area contributed by atoms with E-state index in [1.54, 1.807) is 0 Å².